The van der Waals surface area contributed by atoms with E-state index in [1.807, 2.05) is 48.5 Å². The molecule has 0 radical (unpaired) electrons. The van der Waals surface area contributed by atoms with Gasteiger partial charge in [0.25, 0.3) is 0 Å². The molecule has 3 unspecified atom stereocenters. The second kappa shape index (κ2) is 7.43. The zero-order valence-electron chi connectivity index (χ0n) is 15.5. The predicted molar refractivity (Wildman–Crippen MR) is 106 cm³/mol. The number of piperidine rings is 1. The molecule has 1 saturated heterocycles. The summed E-state index contributed by atoms with van der Waals surface area (Å²) in [6.07, 6.45) is 2.55. The Balaban J connectivity index is 1.38. The minimum Gasteiger partial charge on any atom is -0.335 e. The summed E-state index contributed by atoms with van der Waals surface area (Å²) < 4.78 is 0. The van der Waals surface area contributed by atoms with Crippen molar-refractivity contribution in [3.05, 3.63) is 66.2 Å². The molecule has 0 spiro atoms. The van der Waals surface area contributed by atoms with E-state index >= 15 is 0 Å². The van der Waals surface area contributed by atoms with Crippen LogP contribution in [0.4, 0.5) is 10.5 Å². The van der Waals surface area contributed by atoms with Crippen LogP contribution in [0.2, 0.25) is 0 Å². The first-order valence-electron chi connectivity index (χ1n) is 9.60. The van der Waals surface area contributed by atoms with Crippen molar-refractivity contribution >= 4 is 17.6 Å². The van der Waals surface area contributed by atoms with Crippen LogP contribution in [0.15, 0.2) is 60.7 Å². The second-order valence-corrected chi connectivity index (χ2v) is 7.40. The molecular weight excluding hydrogens is 338 g/mol. The third-order valence-corrected chi connectivity index (χ3v) is 5.59. The summed E-state index contributed by atoms with van der Waals surface area (Å²) in [4.78, 5) is 29.0. The molecule has 4 rings (SSSR count). The van der Waals surface area contributed by atoms with Crippen molar-refractivity contribution in [1.82, 2.24) is 10.2 Å². The Hall–Kier alpha value is -2.82. The second-order valence-electron chi connectivity index (χ2n) is 7.40. The molecular formula is C22H25N3O2. The molecule has 1 heterocycles. The number of para-hydroxylation sites is 1. The molecule has 1 aliphatic heterocycles. The fraction of sp³-hybridized carbons (Fsp3) is 0.364. The van der Waals surface area contributed by atoms with E-state index in [0.29, 0.717) is 18.9 Å². The quantitative estimate of drug-likeness (QED) is 0.905. The van der Waals surface area contributed by atoms with Gasteiger partial charge in [-0.05, 0) is 37.0 Å². The number of carbonyl (C=O) groups excluding carboxylic acids is 2. The fourth-order valence-corrected chi connectivity index (χ4v) is 3.90. The topological polar surface area (TPSA) is 52.7 Å². The maximum absolute atomic E-state index is 13.0. The predicted octanol–water partition coefficient (Wildman–Crippen LogP) is 3.38. The Morgan fingerprint density at radius 3 is 2.44 bits per heavy atom. The number of hydrogen-bond donors (Lipinski definition) is 1. The van der Waals surface area contributed by atoms with E-state index in [9.17, 15) is 9.59 Å². The van der Waals surface area contributed by atoms with E-state index in [0.717, 1.165) is 18.5 Å². The van der Waals surface area contributed by atoms with Gasteiger partial charge in [0, 0.05) is 31.2 Å². The Bertz CT molecular complexity index is 809. The molecule has 27 heavy (non-hydrogen) atoms. The Morgan fingerprint density at radius 2 is 1.74 bits per heavy atom. The van der Waals surface area contributed by atoms with Gasteiger partial charge in [0.15, 0.2) is 0 Å². The number of nitrogens with one attached hydrogen (secondary N) is 1. The van der Waals surface area contributed by atoms with E-state index in [-0.39, 0.29) is 18.0 Å². The number of benzene rings is 2. The zero-order chi connectivity index (χ0) is 18.8. The molecule has 0 aromatic heterocycles. The molecule has 2 aromatic carbocycles. The highest BCUT2D eigenvalue weighted by atomic mass is 16.2. The lowest BCUT2D eigenvalue weighted by atomic mass is 10.0. The number of nitrogens with zero attached hydrogens (tertiary/aromatic N) is 2. The maximum atomic E-state index is 13.0. The van der Waals surface area contributed by atoms with Crippen molar-refractivity contribution in [2.45, 2.75) is 37.3 Å². The van der Waals surface area contributed by atoms with E-state index < -0.39 is 6.04 Å². The van der Waals surface area contributed by atoms with Gasteiger partial charge in [-0.2, -0.15) is 0 Å². The van der Waals surface area contributed by atoms with Gasteiger partial charge in [0.05, 0.1) is 0 Å². The maximum Gasteiger partial charge on any atom is 0.318 e. The lowest BCUT2D eigenvalue weighted by molar-refractivity contribution is -0.123. The molecule has 3 atom stereocenters. The SMILES string of the molecule is CN(C(=O)NC1CC1c1ccccc1)C1CCCN(c2ccccc2)C1=O. The Kier molecular flexibility index (Phi) is 4.84. The van der Waals surface area contributed by atoms with E-state index in [4.69, 9.17) is 0 Å². The molecule has 0 bridgehead atoms. The van der Waals surface area contributed by atoms with E-state index in [1.54, 1.807) is 16.8 Å². The molecule has 140 valence electrons. The van der Waals surface area contributed by atoms with Crippen LogP contribution in [0.3, 0.4) is 0 Å². The highest BCUT2D eigenvalue weighted by Gasteiger charge is 2.41. The van der Waals surface area contributed by atoms with Crippen LogP contribution in [-0.2, 0) is 4.79 Å². The number of rotatable bonds is 4. The first kappa shape index (κ1) is 17.6. The number of urea groups is 1. The molecule has 2 fully saturated rings. The minimum absolute atomic E-state index is 0.000469. The number of anilines is 1. The monoisotopic (exact) mass is 363 g/mol. The highest BCUT2D eigenvalue weighted by molar-refractivity contribution is 5.99. The summed E-state index contributed by atoms with van der Waals surface area (Å²) in [5, 5.41) is 3.09. The van der Waals surface area contributed by atoms with Crippen LogP contribution in [0.25, 0.3) is 0 Å². The van der Waals surface area contributed by atoms with Crippen molar-refractivity contribution < 1.29 is 9.59 Å². The van der Waals surface area contributed by atoms with Gasteiger partial charge >= 0.3 is 6.03 Å². The molecule has 1 N–H and O–H groups in total. The van der Waals surface area contributed by atoms with Crippen LogP contribution in [-0.4, -0.2) is 42.5 Å². The van der Waals surface area contributed by atoms with Gasteiger partial charge in [-0.3, -0.25) is 4.79 Å². The van der Waals surface area contributed by atoms with E-state index in [1.165, 1.54) is 5.56 Å². The van der Waals surface area contributed by atoms with Crippen LogP contribution in [0.5, 0.6) is 0 Å². The first-order chi connectivity index (χ1) is 13.1. The third kappa shape index (κ3) is 3.68. The summed E-state index contributed by atoms with van der Waals surface area (Å²) in [6.45, 7) is 0.702. The number of hydrogen-bond acceptors (Lipinski definition) is 2. The largest absolute Gasteiger partial charge is 0.335 e. The molecule has 5 heteroatoms. The van der Waals surface area contributed by atoms with Gasteiger partial charge in [-0.25, -0.2) is 4.79 Å². The molecule has 2 aromatic rings. The highest BCUT2D eigenvalue weighted by Crippen LogP contribution is 2.40. The number of likely N-dealkylation sites (N-methyl/N-ethyl adjacent to an activating group) is 1. The lowest BCUT2D eigenvalue weighted by Gasteiger charge is -2.36. The number of carbonyl (C=O) groups is 2. The lowest BCUT2D eigenvalue weighted by Crippen LogP contribution is -2.55. The average molecular weight is 363 g/mol. The smallest absolute Gasteiger partial charge is 0.318 e. The van der Waals surface area contributed by atoms with Crippen molar-refractivity contribution in [3.63, 3.8) is 0 Å². The third-order valence-electron chi connectivity index (χ3n) is 5.59. The fourth-order valence-electron chi connectivity index (χ4n) is 3.90. The van der Waals surface area contributed by atoms with Gasteiger partial charge in [0.1, 0.15) is 6.04 Å². The molecule has 5 nitrogen and oxygen atoms in total. The molecule has 2 aliphatic rings. The van der Waals surface area contributed by atoms with Crippen molar-refractivity contribution in [3.8, 4) is 0 Å². The zero-order valence-corrected chi connectivity index (χ0v) is 15.5. The van der Waals surface area contributed by atoms with Crippen molar-refractivity contribution in [2.75, 3.05) is 18.5 Å². The van der Waals surface area contributed by atoms with Crippen LogP contribution in [0.1, 0.15) is 30.7 Å². The van der Waals surface area contributed by atoms with Crippen LogP contribution in [0, 0.1) is 0 Å². The first-order valence-corrected chi connectivity index (χ1v) is 9.60. The molecule has 1 saturated carbocycles. The van der Waals surface area contributed by atoms with Gasteiger partial charge < -0.3 is 15.1 Å². The minimum atomic E-state index is -0.409. The normalized spacial score (nSPS) is 24.4. The Labute approximate surface area is 160 Å². The summed E-state index contributed by atoms with van der Waals surface area (Å²) in [5.41, 5.74) is 2.15. The summed E-state index contributed by atoms with van der Waals surface area (Å²) in [7, 11) is 1.73. The Morgan fingerprint density at radius 1 is 1.07 bits per heavy atom. The standard InChI is InChI=1S/C22H25N3O2/c1-24(22(27)23-19-15-18(19)16-9-4-2-5-10-16)20-13-8-14-25(21(20)26)17-11-6-3-7-12-17/h2-7,9-12,18-20H,8,13-15H2,1H3,(H,23,27). The van der Waals surface area contributed by atoms with Gasteiger partial charge in [-0.15, -0.1) is 0 Å². The molecule has 3 amide bonds. The van der Waals surface area contributed by atoms with Gasteiger partial charge in [0.2, 0.25) is 5.91 Å². The van der Waals surface area contributed by atoms with Crippen molar-refractivity contribution in [1.29, 1.82) is 0 Å². The van der Waals surface area contributed by atoms with E-state index in [2.05, 4.69) is 17.4 Å². The number of amides is 3. The summed E-state index contributed by atoms with van der Waals surface area (Å²) >= 11 is 0. The van der Waals surface area contributed by atoms with Crippen LogP contribution >= 0.6 is 0 Å². The summed E-state index contributed by atoms with van der Waals surface area (Å²) in [5.74, 6) is 0.381. The van der Waals surface area contributed by atoms with Crippen LogP contribution < -0.4 is 10.2 Å². The van der Waals surface area contributed by atoms with Gasteiger partial charge in [-0.1, -0.05) is 48.5 Å². The summed E-state index contributed by atoms with van der Waals surface area (Å²) in [6, 6.07) is 19.5. The average Bonchev–Trinajstić information content (AvgIpc) is 3.48. The van der Waals surface area contributed by atoms with Crippen molar-refractivity contribution in [2.24, 2.45) is 0 Å². The molecule has 1 aliphatic carbocycles.